The van der Waals surface area contributed by atoms with Gasteiger partial charge in [0, 0.05) is 19.7 Å². The highest BCUT2D eigenvalue weighted by Gasteiger charge is 2.67. The maximum absolute atomic E-state index is 13.4. The van der Waals surface area contributed by atoms with Crippen molar-refractivity contribution in [3.63, 3.8) is 0 Å². The van der Waals surface area contributed by atoms with Gasteiger partial charge in [-0.3, -0.25) is 9.59 Å². The molecule has 7 heteroatoms. The summed E-state index contributed by atoms with van der Waals surface area (Å²) < 4.78 is 11.1. The number of carbonyl (C=O) groups excluding carboxylic acids is 2. The molecule has 0 saturated carbocycles. The fourth-order valence-electron chi connectivity index (χ4n) is 5.06. The number of carbonyl (C=O) groups is 2. The maximum Gasteiger partial charge on any atom is 0.230 e. The molecule has 1 aromatic carbocycles. The van der Waals surface area contributed by atoms with Crippen LogP contribution in [0.3, 0.4) is 0 Å². The summed E-state index contributed by atoms with van der Waals surface area (Å²) in [4.78, 5) is 30.2. The van der Waals surface area contributed by atoms with Crippen LogP contribution in [-0.4, -0.2) is 52.1 Å². The Labute approximate surface area is 175 Å². The summed E-state index contributed by atoms with van der Waals surface area (Å²) in [5.41, 5.74) is 3.43. The minimum atomic E-state index is -0.700. The monoisotopic (exact) mass is 407 g/mol. The predicted molar refractivity (Wildman–Crippen MR) is 108 cm³/mol. The molecule has 2 aromatic rings. The van der Waals surface area contributed by atoms with Gasteiger partial charge in [-0.15, -0.1) is 0 Å². The molecule has 7 nitrogen and oxygen atoms in total. The van der Waals surface area contributed by atoms with Gasteiger partial charge in [-0.2, -0.15) is 0 Å². The van der Waals surface area contributed by atoms with Crippen LogP contribution in [0.25, 0.3) is 0 Å². The lowest BCUT2D eigenvalue weighted by molar-refractivity contribution is -0.143. The molecule has 30 heavy (non-hydrogen) atoms. The zero-order valence-electron chi connectivity index (χ0n) is 17.4. The molecule has 0 unspecified atom stereocenters. The summed E-state index contributed by atoms with van der Waals surface area (Å²) in [5.74, 6) is -1.09. The molecule has 4 heterocycles. The molecule has 2 fully saturated rings. The number of hydrogen-bond acceptors (Lipinski definition) is 5. The van der Waals surface area contributed by atoms with Crippen LogP contribution in [0.4, 0.5) is 0 Å². The lowest BCUT2D eigenvalue weighted by Gasteiger charge is -2.27. The highest BCUT2D eigenvalue weighted by molar-refractivity contribution is 5.93. The Morgan fingerprint density at radius 2 is 2.17 bits per heavy atom. The van der Waals surface area contributed by atoms with E-state index < -0.39 is 17.4 Å². The van der Waals surface area contributed by atoms with Crippen LogP contribution in [-0.2, 0) is 27.4 Å². The van der Waals surface area contributed by atoms with Gasteiger partial charge in [0.15, 0.2) is 0 Å². The molecule has 0 aliphatic carbocycles. The molecule has 2 saturated heterocycles. The summed E-state index contributed by atoms with van der Waals surface area (Å²) in [5, 5.41) is 3.88. The van der Waals surface area contributed by atoms with E-state index in [4.69, 9.17) is 9.26 Å². The van der Waals surface area contributed by atoms with Crippen molar-refractivity contribution >= 4 is 11.8 Å². The second-order valence-corrected chi connectivity index (χ2v) is 8.71. The Kier molecular flexibility index (Phi) is 4.32. The molecule has 2 bridgehead atoms. The lowest BCUT2D eigenvalue weighted by Crippen LogP contribution is -2.44. The average molecular weight is 407 g/mol. The molecule has 5 rings (SSSR count). The summed E-state index contributed by atoms with van der Waals surface area (Å²) in [6, 6.07) is 8.01. The van der Waals surface area contributed by atoms with Gasteiger partial charge >= 0.3 is 0 Å². The molecule has 2 amide bonds. The molecule has 1 aromatic heterocycles. The Balaban J connectivity index is 1.38. The van der Waals surface area contributed by atoms with Gasteiger partial charge in [0.1, 0.15) is 17.6 Å². The second kappa shape index (κ2) is 6.80. The lowest BCUT2D eigenvalue weighted by atomic mass is 9.76. The minimum Gasteiger partial charge on any atom is -0.364 e. The number of hydrogen-bond donors (Lipinski definition) is 0. The second-order valence-electron chi connectivity index (χ2n) is 8.71. The van der Waals surface area contributed by atoms with Crippen LogP contribution in [0.2, 0.25) is 0 Å². The van der Waals surface area contributed by atoms with Crippen molar-refractivity contribution in [3.05, 3.63) is 65.1 Å². The molecule has 3 aliphatic rings. The van der Waals surface area contributed by atoms with Crippen molar-refractivity contribution in [2.45, 2.75) is 38.6 Å². The Morgan fingerprint density at radius 1 is 1.33 bits per heavy atom. The van der Waals surface area contributed by atoms with Crippen molar-refractivity contribution < 1.29 is 18.8 Å². The largest absolute Gasteiger partial charge is 0.364 e. The molecule has 0 N–H and O–H groups in total. The van der Waals surface area contributed by atoms with Crippen molar-refractivity contribution in [2.24, 2.45) is 11.8 Å². The van der Waals surface area contributed by atoms with E-state index in [1.807, 2.05) is 17.1 Å². The highest BCUT2D eigenvalue weighted by atomic mass is 16.5. The first-order chi connectivity index (χ1) is 14.4. The van der Waals surface area contributed by atoms with Gasteiger partial charge in [-0.25, -0.2) is 0 Å². The van der Waals surface area contributed by atoms with Gasteiger partial charge in [0.25, 0.3) is 0 Å². The van der Waals surface area contributed by atoms with Crippen LogP contribution in [0.1, 0.15) is 22.4 Å². The fourth-order valence-corrected chi connectivity index (χ4v) is 5.06. The summed E-state index contributed by atoms with van der Waals surface area (Å²) >= 11 is 0. The SMILES string of the molecule is Cc1ccc(C)c(CN2C[C@]34C=C[C@H](O3)[C@@H](C(=O)N(C)Cc3ccon3)[C@H]4C2=O)c1. The van der Waals surface area contributed by atoms with Crippen LogP contribution >= 0.6 is 0 Å². The van der Waals surface area contributed by atoms with E-state index in [0.29, 0.717) is 25.3 Å². The third kappa shape index (κ3) is 2.88. The van der Waals surface area contributed by atoms with E-state index in [-0.39, 0.29) is 17.9 Å². The minimum absolute atomic E-state index is 0.00376. The molecular formula is C23H25N3O4. The van der Waals surface area contributed by atoms with Gasteiger partial charge in [-0.05, 0) is 25.0 Å². The highest BCUT2D eigenvalue weighted by Crippen LogP contribution is 2.52. The molecular weight excluding hydrogens is 382 g/mol. The number of nitrogens with zero attached hydrogens (tertiary/aromatic N) is 3. The van der Waals surface area contributed by atoms with Crippen LogP contribution in [0.5, 0.6) is 0 Å². The van der Waals surface area contributed by atoms with Crippen molar-refractivity contribution in [1.82, 2.24) is 15.0 Å². The predicted octanol–water partition coefficient (Wildman–Crippen LogP) is 2.23. The number of amides is 2. The zero-order chi connectivity index (χ0) is 21.0. The van der Waals surface area contributed by atoms with Crippen molar-refractivity contribution in [1.29, 1.82) is 0 Å². The van der Waals surface area contributed by atoms with E-state index in [9.17, 15) is 9.59 Å². The van der Waals surface area contributed by atoms with Crippen LogP contribution < -0.4 is 0 Å². The third-order valence-electron chi connectivity index (χ3n) is 6.60. The van der Waals surface area contributed by atoms with Gasteiger partial charge in [-0.1, -0.05) is 41.1 Å². The van der Waals surface area contributed by atoms with Gasteiger partial charge < -0.3 is 19.1 Å². The molecule has 0 radical (unpaired) electrons. The van der Waals surface area contributed by atoms with E-state index in [0.717, 1.165) is 11.1 Å². The first-order valence-electron chi connectivity index (χ1n) is 10.2. The number of fused-ring (bicyclic) bond motifs is 1. The number of rotatable bonds is 5. The van der Waals surface area contributed by atoms with Gasteiger partial charge in [0.2, 0.25) is 11.8 Å². The van der Waals surface area contributed by atoms with Gasteiger partial charge in [0.05, 0.1) is 31.0 Å². The summed E-state index contributed by atoms with van der Waals surface area (Å²) in [6.45, 7) is 5.45. The fraction of sp³-hybridized carbons (Fsp3) is 0.435. The maximum atomic E-state index is 13.4. The zero-order valence-corrected chi connectivity index (χ0v) is 17.4. The standard InChI is InChI=1S/C23H25N3O4/c1-14-4-5-15(2)16(10-14)11-26-13-23-8-6-18(30-23)19(20(23)22(26)28)21(27)25(3)12-17-7-9-29-24-17/h4-10,18-20H,11-13H2,1-3H3/t18-,19+,20-,23-/m0/s1. The van der Waals surface area contributed by atoms with Crippen molar-refractivity contribution in [3.8, 4) is 0 Å². The molecule has 3 aliphatic heterocycles. The van der Waals surface area contributed by atoms with E-state index in [1.54, 1.807) is 18.0 Å². The normalized spacial score (nSPS) is 29.0. The van der Waals surface area contributed by atoms with E-state index in [2.05, 4.69) is 37.2 Å². The molecule has 1 spiro atoms. The molecule has 4 atom stereocenters. The average Bonchev–Trinajstić information content (AvgIpc) is 3.47. The van der Waals surface area contributed by atoms with Crippen molar-refractivity contribution in [2.75, 3.05) is 13.6 Å². The van der Waals surface area contributed by atoms with Crippen LogP contribution in [0, 0.1) is 25.7 Å². The first kappa shape index (κ1) is 19.1. The van der Waals surface area contributed by atoms with Crippen LogP contribution in [0.15, 0.2) is 47.2 Å². The number of benzene rings is 1. The number of aryl methyl sites for hydroxylation is 2. The third-order valence-corrected chi connectivity index (χ3v) is 6.60. The van der Waals surface area contributed by atoms with E-state index >= 15 is 0 Å². The summed E-state index contributed by atoms with van der Waals surface area (Å²) in [7, 11) is 1.73. The molecule has 156 valence electrons. The Hall–Kier alpha value is -2.93. The Morgan fingerprint density at radius 3 is 2.93 bits per heavy atom. The quantitative estimate of drug-likeness (QED) is 0.711. The Bertz CT molecular complexity index is 1030. The topological polar surface area (TPSA) is 75.9 Å². The summed E-state index contributed by atoms with van der Waals surface area (Å²) in [6.07, 6.45) is 5.06. The number of likely N-dealkylation sites (tertiary alicyclic amines) is 1. The first-order valence-corrected chi connectivity index (χ1v) is 10.2. The number of aromatic nitrogens is 1. The van der Waals surface area contributed by atoms with E-state index in [1.165, 1.54) is 11.8 Å². The number of ether oxygens (including phenoxy) is 1. The smallest absolute Gasteiger partial charge is 0.230 e.